The molecule has 0 aromatic heterocycles. The Balaban J connectivity index is 1.72. The highest BCUT2D eigenvalue weighted by Crippen LogP contribution is 2.36. The van der Waals surface area contributed by atoms with Gasteiger partial charge >= 0.3 is 5.97 Å². The average Bonchev–Trinajstić information content (AvgIpc) is 2.99. The number of carbonyl (C=O) groups is 2. The lowest BCUT2D eigenvalue weighted by Crippen LogP contribution is -2.35. The molecule has 0 bridgehead atoms. The summed E-state index contributed by atoms with van der Waals surface area (Å²) in [5.74, 6) is -2.51. The van der Waals surface area contributed by atoms with Crippen LogP contribution in [-0.4, -0.2) is 30.1 Å². The largest absolute Gasteiger partial charge is 0.492 e. The number of benzene rings is 2. The first-order valence-corrected chi connectivity index (χ1v) is 8.36. The van der Waals surface area contributed by atoms with Crippen LogP contribution in [0.1, 0.15) is 34.1 Å². The van der Waals surface area contributed by atoms with Gasteiger partial charge in [-0.1, -0.05) is 18.2 Å². The van der Waals surface area contributed by atoms with Crippen molar-refractivity contribution in [1.29, 1.82) is 0 Å². The molecule has 2 atom stereocenters. The molecule has 5 nitrogen and oxygen atoms in total. The summed E-state index contributed by atoms with van der Waals surface area (Å²) >= 11 is 0. The number of amides is 1. The van der Waals surface area contributed by atoms with Gasteiger partial charge < -0.3 is 15.2 Å². The molecule has 2 aromatic rings. The number of ether oxygens (including phenoxy) is 1. The van der Waals surface area contributed by atoms with Gasteiger partial charge in [0.2, 0.25) is 5.91 Å². The minimum absolute atomic E-state index is 0.0729. The first-order chi connectivity index (χ1) is 12.4. The molecular formula is C20H20FNO4. The summed E-state index contributed by atoms with van der Waals surface area (Å²) in [6.45, 7) is 4.11. The fourth-order valence-electron chi connectivity index (χ4n) is 3.06. The molecule has 2 aromatic carbocycles. The van der Waals surface area contributed by atoms with E-state index in [2.05, 4.69) is 5.32 Å². The van der Waals surface area contributed by atoms with Gasteiger partial charge in [0.1, 0.15) is 24.1 Å². The lowest BCUT2D eigenvalue weighted by Gasteiger charge is -2.16. The minimum atomic E-state index is -1.08. The molecule has 1 amide bonds. The zero-order valence-corrected chi connectivity index (χ0v) is 14.6. The molecule has 1 aliphatic rings. The number of carboxylic acids is 1. The topological polar surface area (TPSA) is 75.6 Å². The second kappa shape index (κ2) is 7.15. The molecule has 6 heteroatoms. The van der Waals surface area contributed by atoms with Gasteiger partial charge in [0.25, 0.3) is 0 Å². The molecule has 1 heterocycles. The Labute approximate surface area is 150 Å². The van der Waals surface area contributed by atoms with Gasteiger partial charge in [0.15, 0.2) is 0 Å². The number of carbonyl (C=O) groups excluding carboxylic acids is 1. The van der Waals surface area contributed by atoms with Crippen LogP contribution >= 0.6 is 0 Å². The molecule has 0 saturated heterocycles. The second-order valence-corrected chi connectivity index (χ2v) is 6.53. The summed E-state index contributed by atoms with van der Waals surface area (Å²) in [7, 11) is 0. The molecule has 26 heavy (non-hydrogen) atoms. The van der Waals surface area contributed by atoms with Crippen molar-refractivity contribution < 1.29 is 23.8 Å². The van der Waals surface area contributed by atoms with Crippen LogP contribution in [0.4, 0.5) is 4.39 Å². The highest BCUT2D eigenvalue weighted by Gasteiger charge is 2.32. The average molecular weight is 357 g/mol. The predicted molar refractivity (Wildman–Crippen MR) is 93.9 cm³/mol. The van der Waals surface area contributed by atoms with Crippen molar-refractivity contribution in [3.8, 4) is 5.75 Å². The Morgan fingerprint density at radius 2 is 1.88 bits per heavy atom. The monoisotopic (exact) mass is 357 g/mol. The summed E-state index contributed by atoms with van der Waals surface area (Å²) in [6, 6.07) is 9.10. The van der Waals surface area contributed by atoms with Crippen molar-refractivity contribution >= 4 is 11.9 Å². The lowest BCUT2D eigenvalue weighted by molar-refractivity contribution is -0.138. The zero-order chi connectivity index (χ0) is 18.8. The van der Waals surface area contributed by atoms with Gasteiger partial charge in [-0.3, -0.25) is 9.59 Å². The van der Waals surface area contributed by atoms with Crippen LogP contribution in [0.2, 0.25) is 0 Å². The number of halogens is 1. The fraction of sp³-hybridized carbons (Fsp3) is 0.300. The number of fused-ring (bicyclic) bond motifs is 1. The number of hydrogen-bond donors (Lipinski definition) is 2. The van der Waals surface area contributed by atoms with E-state index in [0.29, 0.717) is 11.3 Å². The van der Waals surface area contributed by atoms with Crippen LogP contribution in [-0.2, 0) is 9.59 Å². The molecule has 1 aliphatic heterocycles. The van der Waals surface area contributed by atoms with Crippen molar-refractivity contribution in [2.24, 2.45) is 0 Å². The van der Waals surface area contributed by atoms with E-state index < -0.39 is 23.6 Å². The number of hydrogen-bond acceptors (Lipinski definition) is 3. The number of aliphatic carboxylic acids is 1. The Kier molecular flexibility index (Phi) is 4.93. The smallest absolute Gasteiger partial charge is 0.312 e. The molecule has 2 N–H and O–H groups in total. The maximum Gasteiger partial charge on any atom is 0.312 e. The third-order valence-corrected chi connectivity index (χ3v) is 4.77. The van der Waals surface area contributed by atoms with Crippen LogP contribution in [0.25, 0.3) is 0 Å². The van der Waals surface area contributed by atoms with Crippen molar-refractivity contribution in [3.05, 3.63) is 64.5 Å². The third kappa shape index (κ3) is 3.54. The van der Waals surface area contributed by atoms with E-state index in [4.69, 9.17) is 4.74 Å². The molecule has 0 aliphatic carbocycles. The van der Waals surface area contributed by atoms with Gasteiger partial charge in [-0.25, -0.2) is 4.39 Å². The van der Waals surface area contributed by atoms with Crippen molar-refractivity contribution in [3.63, 3.8) is 0 Å². The molecule has 0 radical (unpaired) electrons. The van der Waals surface area contributed by atoms with Crippen molar-refractivity contribution in [1.82, 2.24) is 5.32 Å². The normalized spacial score (nSPS) is 16.5. The van der Waals surface area contributed by atoms with Crippen LogP contribution in [0.5, 0.6) is 5.75 Å². The van der Waals surface area contributed by atoms with Gasteiger partial charge in [0, 0.05) is 12.1 Å². The van der Waals surface area contributed by atoms with E-state index in [1.807, 2.05) is 26.0 Å². The second-order valence-electron chi connectivity index (χ2n) is 6.53. The molecule has 0 fully saturated rings. The van der Waals surface area contributed by atoms with Crippen LogP contribution < -0.4 is 10.1 Å². The molecule has 0 saturated carbocycles. The number of aryl methyl sites for hydroxylation is 2. The Bertz CT molecular complexity index is 848. The standard InChI is InChI=1S/C20H20FNO4/c1-11-7-15-17(10-26-18(15)8-12(11)2)19(23)22-9-16(20(24)25)13-3-5-14(21)6-4-13/h3-8,16-17H,9-10H2,1-2H3,(H,22,23)(H,24,25). The number of rotatable bonds is 5. The molecule has 0 spiro atoms. The molecule has 136 valence electrons. The van der Waals surface area contributed by atoms with Gasteiger partial charge in [-0.15, -0.1) is 0 Å². The fourth-order valence-corrected chi connectivity index (χ4v) is 3.06. The summed E-state index contributed by atoms with van der Waals surface area (Å²) < 4.78 is 18.6. The Hall–Kier alpha value is -2.89. The lowest BCUT2D eigenvalue weighted by atomic mass is 9.95. The van der Waals surface area contributed by atoms with Gasteiger partial charge in [-0.2, -0.15) is 0 Å². The van der Waals surface area contributed by atoms with Gasteiger partial charge in [0.05, 0.1) is 5.92 Å². The van der Waals surface area contributed by atoms with Crippen LogP contribution in [0.15, 0.2) is 36.4 Å². The van der Waals surface area contributed by atoms with E-state index in [-0.39, 0.29) is 19.1 Å². The van der Waals surface area contributed by atoms with Crippen molar-refractivity contribution in [2.45, 2.75) is 25.7 Å². The van der Waals surface area contributed by atoms with Crippen molar-refractivity contribution in [2.75, 3.05) is 13.2 Å². The van der Waals surface area contributed by atoms with E-state index >= 15 is 0 Å². The summed E-state index contributed by atoms with van der Waals surface area (Å²) in [6.07, 6.45) is 0. The highest BCUT2D eigenvalue weighted by atomic mass is 19.1. The van der Waals surface area contributed by atoms with E-state index in [1.165, 1.54) is 24.3 Å². The quantitative estimate of drug-likeness (QED) is 0.863. The molecular weight excluding hydrogens is 337 g/mol. The summed E-state index contributed by atoms with van der Waals surface area (Å²) in [5, 5.41) is 12.1. The number of nitrogens with one attached hydrogen (secondary N) is 1. The molecule has 3 rings (SSSR count). The predicted octanol–water partition coefficient (Wildman–Crippen LogP) is 2.90. The first kappa shape index (κ1) is 17.9. The maximum absolute atomic E-state index is 13.0. The first-order valence-electron chi connectivity index (χ1n) is 8.36. The van der Waals surface area contributed by atoms with Crippen LogP contribution in [0.3, 0.4) is 0 Å². The summed E-state index contributed by atoms with van der Waals surface area (Å²) in [4.78, 5) is 24.1. The van der Waals surface area contributed by atoms with E-state index in [9.17, 15) is 19.1 Å². The SMILES string of the molecule is Cc1cc2c(cc1C)C(C(=O)NCC(C(=O)O)c1ccc(F)cc1)CO2. The van der Waals surface area contributed by atoms with Crippen LogP contribution in [0, 0.1) is 19.7 Å². The maximum atomic E-state index is 13.0. The zero-order valence-electron chi connectivity index (χ0n) is 14.6. The van der Waals surface area contributed by atoms with E-state index in [0.717, 1.165) is 16.7 Å². The summed E-state index contributed by atoms with van der Waals surface area (Å²) in [5.41, 5.74) is 3.42. The Morgan fingerprint density at radius 1 is 1.23 bits per heavy atom. The van der Waals surface area contributed by atoms with E-state index in [1.54, 1.807) is 0 Å². The highest BCUT2D eigenvalue weighted by molar-refractivity contribution is 5.86. The minimum Gasteiger partial charge on any atom is -0.492 e. The third-order valence-electron chi connectivity index (χ3n) is 4.77. The van der Waals surface area contributed by atoms with Gasteiger partial charge in [-0.05, 0) is 48.7 Å². The Morgan fingerprint density at radius 3 is 2.54 bits per heavy atom. The number of carboxylic acid groups (broad SMARTS) is 1. The molecule has 2 unspecified atom stereocenters.